The van der Waals surface area contributed by atoms with Crippen molar-refractivity contribution in [1.82, 2.24) is 4.90 Å². The van der Waals surface area contributed by atoms with Crippen LogP contribution in [0.2, 0.25) is 0 Å². The second kappa shape index (κ2) is 11.6. The van der Waals surface area contributed by atoms with E-state index in [1.807, 2.05) is 67.6 Å². The molecule has 1 heterocycles. The Morgan fingerprint density at radius 1 is 0.955 bits per heavy atom. The number of carbonyl (C=O) groups excluding carboxylic acids is 4. The molecule has 2 aromatic rings. The number of aliphatic carboxylic acids is 1. The van der Waals surface area contributed by atoms with E-state index in [1.54, 1.807) is 6.92 Å². The van der Waals surface area contributed by atoms with Gasteiger partial charge < -0.3 is 16.6 Å². The quantitative estimate of drug-likeness (QED) is 0.217. The molecule has 234 valence electrons. The number of Topliss-reactive ketones (excluding diaryl/α,β-unsaturated/α-hetero) is 1. The molecule has 0 aromatic heterocycles. The van der Waals surface area contributed by atoms with Crippen molar-refractivity contribution in [2.75, 3.05) is 6.54 Å². The number of hydrogen-bond donors (Lipinski definition) is 3. The van der Waals surface area contributed by atoms with Gasteiger partial charge in [0.25, 0.3) is 0 Å². The van der Waals surface area contributed by atoms with Gasteiger partial charge in [0.05, 0.1) is 22.8 Å². The van der Waals surface area contributed by atoms with Crippen LogP contribution < -0.4 is 11.5 Å². The summed E-state index contributed by atoms with van der Waals surface area (Å²) < 4.78 is 30.3. The summed E-state index contributed by atoms with van der Waals surface area (Å²) in [5.74, 6) is -5.06. The third-order valence-corrected chi connectivity index (χ3v) is 10.4. The molecular formula is C31H31BrF3N3O6. The summed E-state index contributed by atoms with van der Waals surface area (Å²) in [6.07, 6.45) is -3.68. The number of imide groups is 1. The van der Waals surface area contributed by atoms with Crippen molar-refractivity contribution < 1.29 is 42.3 Å². The van der Waals surface area contributed by atoms with E-state index in [4.69, 9.17) is 21.4 Å². The van der Waals surface area contributed by atoms with Gasteiger partial charge in [-0.2, -0.15) is 13.2 Å². The maximum Gasteiger partial charge on any atom is 0.490 e. The summed E-state index contributed by atoms with van der Waals surface area (Å²) in [5, 5.41) is 7.12. The van der Waals surface area contributed by atoms with Gasteiger partial charge in [0, 0.05) is 6.54 Å². The highest BCUT2D eigenvalue weighted by atomic mass is 79.9. The predicted molar refractivity (Wildman–Crippen MR) is 157 cm³/mol. The Bertz CT molecular complexity index is 1550. The Kier molecular flexibility index (Phi) is 8.70. The zero-order valence-electron chi connectivity index (χ0n) is 23.9. The molecule has 1 saturated carbocycles. The molecule has 13 heteroatoms. The first-order chi connectivity index (χ1) is 20.5. The summed E-state index contributed by atoms with van der Waals surface area (Å²) in [4.78, 5) is 63.8. The smallest absolute Gasteiger partial charge is 0.475 e. The van der Waals surface area contributed by atoms with Crippen LogP contribution in [-0.2, 0) is 24.0 Å². The summed E-state index contributed by atoms with van der Waals surface area (Å²) in [7, 11) is 0. The number of halogens is 4. The van der Waals surface area contributed by atoms with Crippen LogP contribution in [0.15, 0.2) is 60.7 Å². The average molecular weight is 679 g/mol. The number of amides is 3. The summed E-state index contributed by atoms with van der Waals surface area (Å²) in [5.41, 5.74) is 11.8. The van der Waals surface area contributed by atoms with E-state index >= 15 is 0 Å². The highest BCUT2D eigenvalue weighted by Gasteiger charge is 2.85. The number of ketones is 1. The van der Waals surface area contributed by atoms with Gasteiger partial charge in [-0.25, -0.2) is 4.79 Å². The van der Waals surface area contributed by atoms with Gasteiger partial charge in [-0.15, -0.1) is 0 Å². The van der Waals surface area contributed by atoms with E-state index in [9.17, 15) is 32.3 Å². The number of alkyl halides is 4. The number of unbranched alkanes of at least 4 members (excludes halogenated alkanes) is 1. The first-order valence-electron chi connectivity index (χ1n) is 13.8. The maximum atomic E-state index is 14.3. The monoisotopic (exact) mass is 677 g/mol. The number of allylic oxidation sites excluding steroid dienone is 2. The number of nitrogens with two attached hydrogens (primary N) is 2. The average Bonchev–Trinajstić information content (AvgIpc) is 3.35. The molecule has 5 rings (SSSR count). The lowest BCUT2D eigenvalue weighted by Crippen LogP contribution is -2.50. The number of carboxylic acid groups (broad SMARTS) is 1. The highest BCUT2D eigenvalue weighted by Crippen LogP contribution is 2.77. The van der Waals surface area contributed by atoms with Crippen LogP contribution in [0.5, 0.6) is 0 Å². The Morgan fingerprint density at radius 2 is 1.43 bits per heavy atom. The molecule has 44 heavy (non-hydrogen) atoms. The van der Waals surface area contributed by atoms with Crippen molar-refractivity contribution in [3.8, 4) is 0 Å². The lowest BCUT2D eigenvalue weighted by molar-refractivity contribution is -0.192. The molecule has 9 nitrogen and oxygen atoms in total. The SMILES string of the molecule is CC12C(=O)C(C)(C(c3ccccc3)=C1c1ccccc1)C1(Br)C(=O)N(CCCC[C@H](N)C(N)=O)C(=O)C21.O=C(O)C(F)(F)F. The second-order valence-electron chi connectivity index (χ2n) is 11.4. The third kappa shape index (κ3) is 4.86. The fourth-order valence-electron chi connectivity index (χ4n) is 6.85. The number of likely N-dealkylation sites (tertiary alicyclic amines) is 1. The molecule has 4 unspecified atom stereocenters. The third-order valence-electron chi connectivity index (χ3n) is 8.85. The molecule has 3 aliphatic rings. The van der Waals surface area contributed by atoms with Gasteiger partial charge in [-0.05, 0) is 55.4 Å². The van der Waals surface area contributed by atoms with E-state index in [2.05, 4.69) is 15.9 Å². The van der Waals surface area contributed by atoms with Gasteiger partial charge in [0.1, 0.15) is 4.32 Å². The molecule has 3 amide bonds. The summed E-state index contributed by atoms with van der Waals surface area (Å²) in [6.45, 7) is 3.82. The summed E-state index contributed by atoms with van der Waals surface area (Å²) in [6, 6.07) is 18.5. The Morgan fingerprint density at radius 3 is 1.89 bits per heavy atom. The molecule has 5 atom stereocenters. The van der Waals surface area contributed by atoms with E-state index in [-0.39, 0.29) is 24.1 Å². The largest absolute Gasteiger partial charge is 0.490 e. The Hall–Kier alpha value is -3.84. The van der Waals surface area contributed by atoms with Gasteiger partial charge in [0.2, 0.25) is 17.7 Å². The van der Waals surface area contributed by atoms with E-state index in [0.717, 1.165) is 22.3 Å². The first kappa shape index (κ1) is 33.1. The van der Waals surface area contributed by atoms with Gasteiger partial charge >= 0.3 is 12.1 Å². The van der Waals surface area contributed by atoms with Crippen molar-refractivity contribution in [3.63, 3.8) is 0 Å². The standard InChI is InChI=1S/C29H30BrN3O4.C2HF3O2/c1-27-20(17-11-5-3-6-12-17)21(18-13-7-4-8-14-18)28(2,25(27)36)29(30)22(27)24(35)33(26(29)37)16-10-9-15-19(31)23(32)34;3-2(4,5)1(6)7/h3-8,11-14,19,22H,9-10,15-16,31H2,1-2H3,(H2,32,34);(H,6,7)/t19-,22?,27?,28?,29?;/m0./s1. The zero-order chi connectivity index (χ0) is 32.8. The van der Waals surface area contributed by atoms with Crippen LogP contribution >= 0.6 is 15.9 Å². The van der Waals surface area contributed by atoms with Crippen molar-refractivity contribution in [1.29, 1.82) is 0 Å². The molecule has 2 fully saturated rings. The molecule has 2 aromatic carbocycles. The number of carbonyl (C=O) groups is 5. The molecule has 0 spiro atoms. The zero-order valence-corrected chi connectivity index (χ0v) is 25.4. The molecule has 5 N–H and O–H groups in total. The van der Waals surface area contributed by atoms with Crippen LogP contribution in [0.25, 0.3) is 11.1 Å². The minimum Gasteiger partial charge on any atom is -0.475 e. The summed E-state index contributed by atoms with van der Waals surface area (Å²) >= 11 is 3.75. The van der Waals surface area contributed by atoms with Crippen LogP contribution in [0.3, 0.4) is 0 Å². The molecule has 0 radical (unpaired) electrons. The number of primary amides is 1. The van der Waals surface area contributed by atoms with Gasteiger partial charge in [-0.1, -0.05) is 76.6 Å². The fraction of sp³-hybridized carbons (Fsp3) is 0.387. The minimum absolute atomic E-state index is 0.117. The predicted octanol–water partition coefficient (Wildman–Crippen LogP) is 3.94. The van der Waals surface area contributed by atoms with Crippen molar-refractivity contribution in [2.24, 2.45) is 28.2 Å². The van der Waals surface area contributed by atoms with Crippen LogP contribution in [0.4, 0.5) is 13.2 Å². The molecular weight excluding hydrogens is 647 g/mol. The van der Waals surface area contributed by atoms with Crippen LogP contribution in [0.1, 0.15) is 44.2 Å². The lowest BCUT2D eigenvalue weighted by atomic mass is 9.63. The molecule has 2 bridgehead atoms. The maximum absolute atomic E-state index is 14.3. The highest BCUT2D eigenvalue weighted by molar-refractivity contribution is 9.10. The van der Waals surface area contributed by atoms with Crippen molar-refractivity contribution in [3.05, 3.63) is 71.8 Å². The topological polar surface area (TPSA) is 161 Å². The molecule has 2 aliphatic carbocycles. The number of hydrogen-bond acceptors (Lipinski definition) is 6. The first-order valence-corrected chi connectivity index (χ1v) is 14.6. The van der Waals surface area contributed by atoms with E-state index in [1.165, 1.54) is 4.90 Å². The minimum atomic E-state index is -5.08. The van der Waals surface area contributed by atoms with E-state index < -0.39 is 45.2 Å². The van der Waals surface area contributed by atoms with Gasteiger partial charge in [0.15, 0.2) is 5.78 Å². The number of rotatable bonds is 8. The second-order valence-corrected chi connectivity index (χ2v) is 12.6. The van der Waals surface area contributed by atoms with Crippen LogP contribution in [0, 0.1) is 16.7 Å². The lowest BCUT2D eigenvalue weighted by Gasteiger charge is -2.41. The van der Waals surface area contributed by atoms with Gasteiger partial charge in [-0.3, -0.25) is 24.1 Å². The molecule has 1 saturated heterocycles. The fourth-order valence-corrected chi connectivity index (χ4v) is 8.09. The van der Waals surface area contributed by atoms with Crippen molar-refractivity contribution >= 4 is 56.6 Å². The number of nitrogens with zero attached hydrogens (tertiary/aromatic N) is 1. The molecule has 1 aliphatic heterocycles. The Balaban J connectivity index is 0.000000566. The number of fused-ring (bicyclic) bond motifs is 5. The normalized spacial score (nSPS) is 28.1. The number of benzene rings is 2. The van der Waals surface area contributed by atoms with Crippen molar-refractivity contribution in [2.45, 2.75) is 49.7 Å². The Labute approximate surface area is 259 Å². The van der Waals surface area contributed by atoms with Crippen LogP contribution in [-0.4, -0.2) is 62.6 Å². The number of carboxylic acids is 1. The van der Waals surface area contributed by atoms with E-state index in [0.29, 0.717) is 19.3 Å².